The Morgan fingerprint density at radius 1 is 1.35 bits per heavy atom. The van der Waals surface area contributed by atoms with Crippen molar-refractivity contribution in [1.29, 1.82) is 0 Å². The zero-order chi connectivity index (χ0) is 11.8. The van der Waals surface area contributed by atoms with Gasteiger partial charge in [0, 0.05) is 11.9 Å². The van der Waals surface area contributed by atoms with Crippen LogP contribution in [-0.2, 0) is 12.8 Å². The van der Waals surface area contributed by atoms with Crippen molar-refractivity contribution in [2.24, 2.45) is 0 Å². The van der Waals surface area contributed by atoms with Gasteiger partial charge in [0.25, 0.3) is 0 Å². The highest BCUT2D eigenvalue weighted by Gasteiger charge is 2.14. The van der Waals surface area contributed by atoms with E-state index in [2.05, 4.69) is 10.1 Å². The maximum absolute atomic E-state index is 10.8. The normalized spacial score (nSPS) is 13.6. The van der Waals surface area contributed by atoms with Crippen LogP contribution in [0.3, 0.4) is 0 Å². The zero-order valence-corrected chi connectivity index (χ0v) is 9.13. The molecule has 0 spiro atoms. The van der Waals surface area contributed by atoms with E-state index in [1.807, 2.05) is 12.1 Å². The van der Waals surface area contributed by atoms with Gasteiger partial charge in [0.1, 0.15) is 0 Å². The Balaban J connectivity index is 2.00. The zero-order valence-electron chi connectivity index (χ0n) is 9.13. The summed E-state index contributed by atoms with van der Waals surface area (Å²) in [5.74, 6) is -0.296. The SMILES string of the molecule is O=C(O)c1cnn(-c2ccc3c(n2)CCC3)c1. The summed E-state index contributed by atoms with van der Waals surface area (Å²) in [6.45, 7) is 0. The van der Waals surface area contributed by atoms with Crippen LogP contribution in [0.5, 0.6) is 0 Å². The summed E-state index contributed by atoms with van der Waals surface area (Å²) in [7, 11) is 0. The fourth-order valence-electron chi connectivity index (χ4n) is 2.10. The molecule has 2 aromatic heterocycles. The van der Waals surface area contributed by atoms with Crippen LogP contribution in [0.15, 0.2) is 24.5 Å². The number of hydrogen-bond donors (Lipinski definition) is 1. The highest BCUT2D eigenvalue weighted by Crippen LogP contribution is 2.21. The minimum absolute atomic E-state index is 0.173. The molecule has 0 bridgehead atoms. The first-order valence-electron chi connectivity index (χ1n) is 5.51. The van der Waals surface area contributed by atoms with Gasteiger partial charge in [0.15, 0.2) is 5.82 Å². The minimum Gasteiger partial charge on any atom is -0.478 e. The van der Waals surface area contributed by atoms with E-state index in [1.54, 1.807) is 0 Å². The van der Waals surface area contributed by atoms with Gasteiger partial charge < -0.3 is 5.11 Å². The molecule has 5 nitrogen and oxygen atoms in total. The summed E-state index contributed by atoms with van der Waals surface area (Å²) < 4.78 is 1.50. The van der Waals surface area contributed by atoms with Crippen LogP contribution in [0, 0.1) is 0 Å². The Morgan fingerprint density at radius 2 is 2.24 bits per heavy atom. The summed E-state index contributed by atoms with van der Waals surface area (Å²) in [5.41, 5.74) is 2.57. The van der Waals surface area contributed by atoms with Gasteiger partial charge in [-0.25, -0.2) is 14.5 Å². The molecule has 17 heavy (non-hydrogen) atoms. The highest BCUT2D eigenvalue weighted by molar-refractivity contribution is 5.86. The Kier molecular flexibility index (Phi) is 2.18. The first kappa shape index (κ1) is 10.0. The quantitative estimate of drug-likeness (QED) is 0.846. The van der Waals surface area contributed by atoms with E-state index >= 15 is 0 Å². The van der Waals surface area contributed by atoms with E-state index < -0.39 is 5.97 Å². The van der Waals surface area contributed by atoms with E-state index in [-0.39, 0.29) is 5.56 Å². The molecule has 2 aromatic rings. The van der Waals surface area contributed by atoms with Crippen molar-refractivity contribution in [3.63, 3.8) is 0 Å². The number of carboxylic acids is 1. The van der Waals surface area contributed by atoms with E-state index in [4.69, 9.17) is 5.11 Å². The summed E-state index contributed by atoms with van der Waals surface area (Å²) in [5, 5.41) is 12.8. The van der Waals surface area contributed by atoms with Crippen molar-refractivity contribution < 1.29 is 9.90 Å². The van der Waals surface area contributed by atoms with Gasteiger partial charge in [0.05, 0.1) is 11.8 Å². The maximum atomic E-state index is 10.8. The van der Waals surface area contributed by atoms with Crippen molar-refractivity contribution >= 4 is 5.97 Å². The van der Waals surface area contributed by atoms with Crippen molar-refractivity contribution in [2.75, 3.05) is 0 Å². The van der Waals surface area contributed by atoms with Gasteiger partial charge >= 0.3 is 5.97 Å². The molecule has 0 unspecified atom stereocenters. The molecule has 2 heterocycles. The number of carboxylic acid groups (broad SMARTS) is 1. The molecule has 1 aliphatic carbocycles. The molecule has 0 aliphatic heterocycles. The lowest BCUT2D eigenvalue weighted by Crippen LogP contribution is -2.01. The molecule has 0 atom stereocenters. The van der Waals surface area contributed by atoms with Crippen molar-refractivity contribution in [2.45, 2.75) is 19.3 Å². The summed E-state index contributed by atoms with van der Waals surface area (Å²) in [6, 6.07) is 3.93. The van der Waals surface area contributed by atoms with Crippen molar-refractivity contribution in [3.8, 4) is 5.82 Å². The Morgan fingerprint density at radius 3 is 3.00 bits per heavy atom. The number of carbonyl (C=O) groups is 1. The molecule has 0 fully saturated rings. The van der Waals surface area contributed by atoms with E-state index in [9.17, 15) is 4.79 Å². The molecular formula is C12H11N3O2. The van der Waals surface area contributed by atoms with Gasteiger partial charge in [0.2, 0.25) is 0 Å². The van der Waals surface area contributed by atoms with Crippen molar-refractivity contribution in [1.82, 2.24) is 14.8 Å². The fraction of sp³-hybridized carbons (Fsp3) is 0.250. The Hall–Kier alpha value is -2.17. The lowest BCUT2D eigenvalue weighted by Gasteiger charge is -2.03. The number of pyridine rings is 1. The average Bonchev–Trinajstić information content (AvgIpc) is 2.97. The number of aromatic carboxylic acids is 1. The van der Waals surface area contributed by atoms with Crippen LogP contribution in [0.25, 0.3) is 5.82 Å². The minimum atomic E-state index is -0.975. The largest absolute Gasteiger partial charge is 0.478 e. The molecule has 0 saturated carbocycles. The van der Waals surface area contributed by atoms with Gasteiger partial charge in [-0.1, -0.05) is 6.07 Å². The van der Waals surface area contributed by atoms with Gasteiger partial charge in [-0.05, 0) is 30.9 Å². The molecule has 1 aliphatic rings. The van der Waals surface area contributed by atoms with Gasteiger partial charge in [-0.2, -0.15) is 5.10 Å². The summed E-state index contributed by atoms with van der Waals surface area (Å²) >= 11 is 0. The molecule has 0 aromatic carbocycles. The molecule has 5 heteroatoms. The van der Waals surface area contributed by atoms with Crippen LogP contribution >= 0.6 is 0 Å². The number of nitrogens with zero attached hydrogens (tertiary/aromatic N) is 3. The predicted octanol–water partition coefficient (Wildman–Crippen LogP) is 1.45. The smallest absolute Gasteiger partial charge is 0.338 e. The first-order chi connectivity index (χ1) is 8.24. The number of hydrogen-bond acceptors (Lipinski definition) is 3. The van der Waals surface area contributed by atoms with Crippen LogP contribution in [-0.4, -0.2) is 25.8 Å². The lowest BCUT2D eigenvalue weighted by molar-refractivity contribution is 0.0697. The number of aryl methyl sites for hydroxylation is 2. The molecule has 3 rings (SSSR count). The third-order valence-corrected chi connectivity index (χ3v) is 2.98. The molecule has 86 valence electrons. The highest BCUT2D eigenvalue weighted by atomic mass is 16.4. The standard InChI is InChI=1S/C12H11N3O2/c16-12(17)9-6-13-15(7-9)11-5-4-8-2-1-3-10(8)14-11/h4-7H,1-3H2,(H,16,17). The Labute approximate surface area is 97.7 Å². The molecular weight excluding hydrogens is 218 g/mol. The molecule has 0 amide bonds. The maximum Gasteiger partial charge on any atom is 0.338 e. The second-order valence-corrected chi connectivity index (χ2v) is 4.11. The average molecular weight is 229 g/mol. The second kappa shape index (κ2) is 3.69. The monoisotopic (exact) mass is 229 g/mol. The van der Waals surface area contributed by atoms with Crippen LogP contribution in [0.2, 0.25) is 0 Å². The fourth-order valence-corrected chi connectivity index (χ4v) is 2.10. The number of rotatable bonds is 2. The van der Waals surface area contributed by atoms with Crippen LogP contribution in [0.4, 0.5) is 0 Å². The Bertz CT molecular complexity index is 589. The first-order valence-corrected chi connectivity index (χ1v) is 5.51. The van der Waals surface area contributed by atoms with E-state index in [0.29, 0.717) is 5.82 Å². The topological polar surface area (TPSA) is 68.0 Å². The second-order valence-electron chi connectivity index (χ2n) is 4.11. The summed E-state index contributed by atoms with van der Waals surface area (Å²) in [4.78, 5) is 15.3. The third kappa shape index (κ3) is 1.69. The number of aromatic nitrogens is 3. The van der Waals surface area contributed by atoms with E-state index in [0.717, 1.165) is 25.0 Å². The van der Waals surface area contributed by atoms with E-state index in [1.165, 1.54) is 22.6 Å². The predicted molar refractivity (Wildman–Crippen MR) is 60.3 cm³/mol. The van der Waals surface area contributed by atoms with Crippen molar-refractivity contribution in [3.05, 3.63) is 41.3 Å². The van der Waals surface area contributed by atoms with Crippen LogP contribution in [0.1, 0.15) is 28.0 Å². The van der Waals surface area contributed by atoms with Gasteiger partial charge in [-0.3, -0.25) is 0 Å². The molecule has 1 N–H and O–H groups in total. The lowest BCUT2D eigenvalue weighted by atomic mass is 10.2. The number of fused-ring (bicyclic) bond motifs is 1. The van der Waals surface area contributed by atoms with Gasteiger partial charge in [-0.15, -0.1) is 0 Å². The van der Waals surface area contributed by atoms with Crippen LogP contribution < -0.4 is 0 Å². The molecule has 0 saturated heterocycles. The third-order valence-electron chi connectivity index (χ3n) is 2.98. The summed E-state index contributed by atoms with van der Waals surface area (Å²) in [6.07, 6.45) is 6.03. The molecule has 0 radical (unpaired) electrons.